The Morgan fingerprint density at radius 1 is 1.03 bits per heavy atom. The molecular weight excluding hydrogens is 497 g/mol. The van der Waals surface area contributed by atoms with Crippen LogP contribution in [-0.2, 0) is 16.0 Å². The zero-order chi connectivity index (χ0) is 25.8. The largest absolute Gasteiger partial charge is 0.376 e. The van der Waals surface area contributed by atoms with Crippen molar-refractivity contribution in [2.75, 3.05) is 25.5 Å². The third-order valence-corrected chi connectivity index (χ3v) is 7.58. The van der Waals surface area contributed by atoms with Gasteiger partial charge in [-0.25, -0.2) is 9.37 Å². The van der Waals surface area contributed by atoms with Gasteiger partial charge in [-0.1, -0.05) is 11.8 Å². The normalized spacial score (nSPS) is 19.4. The molecule has 0 unspecified atom stereocenters. The number of hydrogen-bond donors (Lipinski definition) is 1. The van der Waals surface area contributed by atoms with Crippen LogP contribution in [0.3, 0.4) is 0 Å². The minimum Gasteiger partial charge on any atom is -0.376 e. The molecule has 2 atom stereocenters. The number of hydrogen-bond acceptors (Lipinski definition) is 7. The van der Waals surface area contributed by atoms with Gasteiger partial charge in [-0.3, -0.25) is 19.0 Å². The minimum atomic E-state index is -0.415. The quantitative estimate of drug-likeness (QED) is 0.259. The van der Waals surface area contributed by atoms with E-state index in [9.17, 15) is 18.8 Å². The predicted molar refractivity (Wildman–Crippen MR) is 138 cm³/mol. The molecule has 5 rings (SSSR count). The summed E-state index contributed by atoms with van der Waals surface area (Å²) in [6.45, 7) is 2.12. The average Bonchev–Trinajstić information content (AvgIpc) is 3.62. The van der Waals surface area contributed by atoms with Gasteiger partial charge in [0.1, 0.15) is 5.82 Å². The molecule has 1 amide bonds. The Bertz CT molecular complexity index is 1350. The van der Waals surface area contributed by atoms with Gasteiger partial charge in [0.15, 0.2) is 10.9 Å². The minimum absolute atomic E-state index is 0.0224. The Balaban J connectivity index is 1.41. The third-order valence-electron chi connectivity index (χ3n) is 6.61. The van der Waals surface area contributed by atoms with Crippen LogP contribution in [0.5, 0.6) is 0 Å². The molecule has 2 fully saturated rings. The van der Waals surface area contributed by atoms with Gasteiger partial charge >= 0.3 is 0 Å². The monoisotopic (exact) mass is 525 g/mol. The highest BCUT2D eigenvalue weighted by atomic mass is 32.2. The molecule has 0 radical (unpaired) electrons. The molecule has 1 aromatic heterocycles. The van der Waals surface area contributed by atoms with Crippen molar-refractivity contribution in [1.29, 1.82) is 0 Å². The summed E-state index contributed by atoms with van der Waals surface area (Å²) in [6.07, 6.45) is 3.59. The van der Waals surface area contributed by atoms with Crippen LogP contribution >= 0.6 is 11.8 Å². The summed E-state index contributed by atoms with van der Waals surface area (Å²) < 4.78 is 26.1. The topological polar surface area (TPSA) is 99.5 Å². The molecule has 10 heteroatoms. The molecule has 2 aliphatic heterocycles. The number of carbonyl (C=O) groups excluding carboxylic acids is 2. The first-order valence-corrected chi connectivity index (χ1v) is 13.4. The lowest BCUT2D eigenvalue weighted by molar-refractivity contribution is 0.0857. The highest BCUT2D eigenvalue weighted by Crippen LogP contribution is 2.23. The van der Waals surface area contributed by atoms with E-state index in [2.05, 4.69) is 5.32 Å². The molecule has 0 spiro atoms. The average molecular weight is 526 g/mol. The number of carbonyl (C=O) groups is 2. The summed E-state index contributed by atoms with van der Waals surface area (Å²) in [7, 11) is 0. The van der Waals surface area contributed by atoms with Crippen LogP contribution in [0, 0.1) is 5.82 Å². The molecule has 37 heavy (non-hydrogen) atoms. The zero-order valence-corrected chi connectivity index (χ0v) is 21.1. The number of nitrogens with one attached hydrogen (secondary N) is 1. The van der Waals surface area contributed by atoms with Crippen molar-refractivity contribution in [1.82, 2.24) is 14.9 Å². The summed E-state index contributed by atoms with van der Waals surface area (Å²) in [4.78, 5) is 43.6. The molecule has 2 aromatic carbocycles. The summed E-state index contributed by atoms with van der Waals surface area (Å²) in [6, 6.07) is 10.2. The van der Waals surface area contributed by atoms with Crippen LogP contribution < -0.4 is 10.9 Å². The maximum Gasteiger partial charge on any atom is 0.262 e. The number of ether oxygens (including phenoxy) is 2. The SMILES string of the molecule is O=C(CSc1nc2cc(C(=O)NC[C@H]3CCCO3)ccc2c(=O)n1C[C@@H]1CCCO1)c1ccc(F)cc1. The number of fused-ring (bicyclic) bond motifs is 1. The van der Waals surface area contributed by atoms with Crippen molar-refractivity contribution in [3.63, 3.8) is 0 Å². The van der Waals surface area contributed by atoms with Crippen LogP contribution in [0.2, 0.25) is 0 Å². The van der Waals surface area contributed by atoms with Crippen LogP contribution in [-0.4, -0.2) is 59.0 Å². The van der Waals surface area contributed by atoms with Gasteiger partial charge in [-0.15, -0.1) is 0 Å². The number of amides is 1. The number of Topliss-reactive ketones (excluding diaryl/α,β-unsaturated/α-hetero) is 1. The van der Waals surface area contributed by atoms with Crippen LogP contribution in [0.15, 0.2) is 52.4 Å². The highest BCUT2D eigenvalue weighted by molar-refractivity contribution is 7.99. The van der Waals surface area contributed by atoms with Gasteiger partial charge in [-0.2, -0.15) is 0 Å². The van der Waals surface area contributed by atoms with E-state index in [4.69, 9.17) is 14.5 Å². The fraction of sp³-hybridized carbons (Fsp3) is 0.407. The Hall–Kier alpha value is -3.08. The van der Waals surface area contributed by atoms with E-state index in [0.29, 0.717) is 53.5 Å². The first-order valence-electron chi connectivity index (χ1n) is 12.5. The van der Waals surface area contributed by atoms with Crippen LogP contribution in [0.25, 0.3) is 10.9 Å². The number of nitrogens with zero attached hydrogens (tertiary/aromatic N) is 2. The van der Waals surface area contributed by atoms with Crippen molar-refractivity contribution in [2.24, 2.45) is 0 Å². The van der Waals surface area contributed by atoms with E-state index in [1.807, 2.05) is 0 Å². The molecule has 3 aromatic rings. The second-order valence-corrected chi connectivity index (χ2v) is 10.2. The standard InChI is InChI=1S/C27H28FN3O5S/c28-19-8-5-17(6-9-19)24(32)16-37-27-30-23-13-18(25(33)29-14-20-3-1-11-35-20)7-10-22(23)26(34)31(27)15-21-4-2-12-36-21/h5-10,13,20-21H,1-4,11-12,14-16H2,(H,29,33)/t20-,21+/m1/s1. The summed E-state index contributed by atoms with van der Waals surface area (Å²) >= 11 is 1.14. The van der Waals surface area contributed by atoms with Gasteiger partial charge < -0.3 is 14.8 Å². The first-order chi connectivity index (χ1) is 18.0. The Morgan fingerprint density at radius 3 is 2.43 bits per heavy atom. The Kier molecular flexibility index (Phi) is 7.97. The number of halogens is 1. The molecule has 0 bridgehead atoms. The van der Waals surface area contributed by atoms with E-state index >= 15 is 0 Å². The van der Waals surface area contributed by atoms with Gasteiger partial charge in [0.25, 0.3) is 11.5 Å². The van der Waals surface area contributed by atoms with Gasteiger partial charge in [0.2, 0.25) is 0 Å². The molecular formula is C27H28FN3O5S. The zero-order valence-electron chi connectivity index (χ0n) is 20.3. The second-order valence-electron chi connectivity index (χ2n) is 9.24. The summed E-state index contributed by atoms with van der Waals surface area (Å²) in [5.41, 5.74) is 0.916. The number of benzene rings is 2. The smallest absolute Gasteiger partial charge is 0.262 e. The van der Waals surface area contributed by atoms with E-state index in [0.717, 1.165) is 37.4 Å². The van der Waals surface area contributed by atoms with E-state index in [1.54, 1.807) is 22.8 Å². The number of thioether (sulfide) groups is 1. The number of aromatic nitrogens is 2. The number of ketones is 1. The van der Waals surface area contributed by atoms with Crippen molar-refractivity contribution in [3.8, 4) is 0 Å². The maximum atomic E-state index is 13.5. The Morgan fingerprint density at radius 2 is 1.73 bits per heavy atom. The molecule has 8 nitrogen and oxygen atoms in total. The summed E-state index contributed by atoms with van der Waals surface area (Å²) in [5.74, 6) is -0.855. The van der Waals surface area contributed by atoms with Gasteiger partial charge in [-0.05, 0) is 68.1 Å². The van der Waals surface area contributed by atoms with Crippen molar-refractivity contribution in [3.05, 3.63) is 69.8 Å². The van der Waals surface area contributed by atoms with Gasteiger partial charge in [0.05, 0.1) is 35.4 Å². The van der Waals surface area contributed by atoms with Crippen LogP contribution in [0.4, 0.5) is 4.39 Å². The molecule has 2 saturated heterocycles. The fourth-order valence-electron chi connectivity index (χ4n) is 4.57. The number of rotatable bonds is 9. The fourth-order valence-corrected chi connectivity index (χ4v) is 5.47. The lowest BCUT2D eigenvalue weighted by Crippen LogP contribution is -2.32. The van der Waals surface area contributed by atoms with E-state index in [1.165, 1.54) is 24.3 Å². The first kappa shape index (κ1) is 25.6. The maximum absolute atomic E-state index is 13.5. The van der Waals surface area contributed by atoms with Crippen LogP contribution in [0.1, 0.15) is 46.4 Å². The second kappa shape index (κ2) is 11.5. The molecule has 194 valence electrons. The third kappa shape index (κ3) is 6.08. The Labute approximate surface area is 217 Å². The predicted octanol–water partition coefficient (Wildman–Crippen LogP) is 3.60. The lowest BCUT2D eigenvalue weighted by Gasteiger charge is -2.17. The van der Waals surface area contributed by atoms with Crippen molar-refractivity contribution >= 4 is 34.4 Å². The molecule has 3 heterocycles. The van der Waals surface area contributed by atoms with Crippen molar-refractivity contribution in [2.45, 2.75) is 49.6 Å². The molecule has 0 saturated carbocycles. The summed E-state index contributed by atoms with van der Waals surface area (Å²) in [5, 5.41) is 3.66. The lowest BCUT2D eigenvalue weighted by atomic mass is 10.1. The molecule has 0 aliphatic carbocycles. The molecule has 1 N–H and O–H groups in total. The van der Waals surface area contributed by atoms with Crippen molar-refractivity contribution < 1.29 is 23.5 Å². The highest BCUT2D eigenvalue weighted by Gasteiger charge is 2.22. The van der Waals surface area contributed by atoms with Gasteiger partial charge in [0, 0.05) is 30.9 Å². The molecule has 2 aliphatic rings. The van der Waals surface area contributed by atoms with E-state index < -0.39 is 5.82 Å². The van der Waals surface area contributed by atoms with E-state index in [-0.39, 0.29) is 35.2 Å².